The molecule has 0 aromatic carbocycles. The van der Waals surface area contributed by atoms with Gasteiger partial charge < -0.3 is 14.9 Å². The van der Waals surface area contributed by atoms with E-state index in [4.69, 9.17) is 11.6 Å². The van der Waals surface area contributed by atoms with Crippen LogP contribution in [-0.4, -0.2) is 52.3 Å². The van der Waals surface area contributed by atoms with E-state index in [1.54, 1.807) is 0 Å². The maximum absolute atomic E-state index is 9.63. The lowest BCUT2D eigenvalue weighted by atomic mass is 10.1. The topological polar surface area (TPSA) is 65.4 Å². The molecule has 6 nitrogen and oxygen atoms in total. The molecule has 0 aliphatic carbocycles. The average Bonchev–Trinajstić information content (AvgIpc) is 2.73. The van der Waals surface area contributed by atoms with Crippen LogP contribution in [0.4, 0.5) is 11.9 Å². The van der Waals surface area contributed by atoms with Crippen molar-refractivity contribution in [3.63, 3.8) is 0 Å². The van der Waals surface area contributed by atoms with E-state index in [2.05, 4.69) is 33.7 Å². The molecule has 1 aliphatic heterocycles. The van der Waals surface area contributed by atoms with Crippen molar-refractivity contribution in [3.8, 4) is 0 Å². The van der Waals surface area contributed by atoms with Crippen LogP contribution in [-0.2, 0) is 0 Å². The molecule has 0 radical (unpaired) electrons. The second-order valence-electron chi connectivity index (χ2n) is 5.26. The average molecular weight is 314 g/mol. The molecule has 0 amide bonds. The molecule has 1 N–H and O–H groups in total. The van der Waals surface area contributed by atoms with Gasteiger partial charge in [-0.15, -0.1) is 0 Å². The molecule has 1 aliphatic rings. The first kappa shape index (κ1) is 16.2. The molecule has 1 saturated heterocycles. The zero-order chi connectivity index (χ0) is 15.2. The highest BCUT2D eigenvalue weighted by atomic mass is 35.5. The fraction of sp³-hybridized carbons (Fsp3) is 0.786. The molecule has 7 heteroatoms. The van der Waals surface area contributed by atoms with Crippen LogP contribution in [0.15, 0.2) is 0 Å². The van der Waals surface area contributed by atoms with Crippen LogP contribution in [0.3, 0.4) is 0 Å². The Hall–Kier alpha value is -1.14. The Bertz CT molecular complexity index is 455. The predicted octanol–water partition coefficient (Wildman–Crippen LogP) is 2.11. The highest BCUT2D eigenvalue weighted by Gasteiger charge is 2.24. The third-order valence-corrected chi connectivity index (χ3v) is 4.14. The summed E-state index contributed by atoms with van der Waals surface area (Å²) >= 11 is 6.08. The Morgan fingerprint density at radius 2 is 1.95 bits per heavy atom. The standard InChI is InChI=1S/C14H24ClN5O/c1-3-19(4-2)13-16-12(15)17-14(18-13)20-9-7-5-6-8-11(20)10-21/h11,21H,3-10H2,1-2H3. The van der Waals surface area contributed by atoms with Crippen LogP contribution in [0.1, 0.15) is 39.5 Å². The van der Waals surface area contributed by atoms with Gasteiger partial charge in [0.05, 0.1) is 12.6 Å². The van der Waals surface area contributed by atoms with Gasteiger partial charge in [-0.2, -0.15) is 15.0 Å². The van der Waals surface area contributed by atoms with E-state index >= 15 is 0 Å². The summed E-state index contributed by atoms with van der Waals surface area (Å²) in [6.45, 7) is 6.72. The number of halogens is 1. The van der Waals surface area contributed by atoms with Crippen molar-refractivity contribution in [3.05, 3.63) is 5.28 Å². The molecular weight excluding hydrogens is 290 g/mol. The van der Waals surface area contributed by atoms with Gasteiger partial charge in [0.1, 0.15) is 0 Å². The van der Waals surface area contributed by atoms with Gasteiger partial charge in [-0.25, -0.2) is 0 Å². The second-order valence-corrected chi connectivity index (χ2v) is 5.59. The van der Waals surface area contributed by atoms with Crippen molar-refractivity contribution < 1.29 is 5.11 Å². The minimum absolute atomic E-state index is 0.0653. The maximum Gasteiger partial charge on any atom is 0.231 e. The van der Waals surface area contributed by atoms with Gasteiger partial charge in [0.15, 0.2) is 0 Å². The molecule has 0 bridgehead atoms. The van der Waals surface area contributed by atoms with Crippen molar-refractivity contribution in [2.45, 2.75) is 45.6 Å². The van der Waals surface area contributed by atoms with Gasteiger partial charge in [-0.3, -0.25) is 0 Å². The molecule has 1 aromatic rings. The van der Waals surface area contributed by atoms with E-state index in [-0.39, 0.29) is 17.9 Å². The highest BCUT2D eigenvalue weighted by Crippen LogP contribution is 2.23. The Kier molecular flexibility index (Phi) is 5.99. The summed E-state index contributed by atoms with van der Waals surface area (Å²) in [7, 11) is 0. The molecule has 1 fully saturated rings. The monoisotopic (exact) mass is 313 g/mol. The van der Waals surface area contributed by atoms with Gasteiger partial charge in [0, 0.05) is 19.6 Å². The Morgan fingerprint density at radius 3 is 2.62 bits per heavy atom. The quantitative estimate of drug-likeness (QED) is 0.898. The number of hydrogen-bond acceptors (Lipinski definition) is 6. The van der Waals surface area contributed by atoms with Crippen molar-refractivity contribution >= 4 is 23.5 Å². The van der Waals surface area contributed by atoms with Crippen molar-refractivity contribution in [2.75, 3.05) is 36.0 Å². The summed E-state index contributed by atoms with van der Waals surface area (Å²) in [4.78, 5) is 17.2. The minimum Gasteiger partial charge on any atom is -0.394 e. The maximum atomic E-state index is 9.63. The fourth-order valence-corrected chi connectivity index (χ4v) is 2.89. The number of rotatable bonds is 5. The van der Waals surface area contributed by atoms with Gasteiger partial charge in [-0.1, -0.05) is 12.8 Å². The molecule has 0 saturated carbocycles. The number of aliphatic hydroxyl groups is 1. The Morgan fingerprint density at radius 1 is 1.19 bits per heavy atom. The normalized spacial score (nSPS) is 19.4. The SMILES string of the molecule is CCN(CC)c1nc(Cl)nc(N2CCCCCC2CO)n1. The molecule has 118 valence electrons. The van der Waals surface area contributed by atoms with E-state index in [9.17, 15) is 5.11 Å². The van der Waals surface area contributed by atoms with Crippen LogP contribution in [0.5, 0.6) is 0 Å². The van der Waals surface area contributed by atoms with Gasteiger partial charge >= 0.3 is 0 Å². The number of aromatic nitrogens is 3. The van der Waals surface area contributed by atoms with Crippen LogP contribution < -0.4 is 9.80 Å². The molecule has 2 heterocycles. The molecule has 1 atom stereocenters. The van der Waals surface area contributed by atoms with Gasteiger partial charge in [0.25, 0.3) is 0 Å². The molecule has 2 rings (SSSR count). The minimum atomic E-state index is 0.0653. The second kappa shape index (κ2) is 7.75. The van der Waals surface area contributed by atoms with Crippen LogP contribution in [0.25, 0.3) is 0 Å². The molecule has 21 heavy (non-hydrogen) atoms. The van der Waals surface area contributed by atoms with Gasteiger partial charge in [0.2, 0.25) is 17.2 Å². The van der Waals surface area contributed by atoms with E-state index in [1.807, 2.05) is 4.90 Å². The van der Waals surface area contributed by atoms with E-state index < -0.39 is 0 Å². The zero-order valence-corrected chi connectivity index (χ0v) is 13.6. The number of hydrogen-bond donors (Lipinski definition) is 1. The lowest BCUT2D eigenvalue weighted by Gasteiger charge is -2.29. The number of anilines is 2. The lowest BCUT2D eigenvalue weighted by molar-refractivity contribution is 0.254. The predicted molar refractivity (Wildman–Crippen MR) is 85.1 cm³/mol. The third kappa shape index (κ3) is 3.95. The summed E-state index contributed by atoms with van der Waals surface area (Å²) in [5.41, 5.74) is 0. The van der Waals surface area contributed by atoms with Crippen molar-refractivity contribution in [1.82, 2.24) is 15.0 Å². The molecule has 0 spiro atoms. The largest absolute Gasteiger partial charge is 0.394 e. The Labute approximate surface area is 131 Å². The summed E-state index contributed by atoms with van der Waals surface area (Å²) in [6.07, 6.45) is 4.35. The van der Waals surface area contributed by atoms with Gasteiger partial charge in [-0.05, 0) is 38.3 Å². The fourth-order valence-electron chi connectivity index (χ4n) is 2.74. The van der Waals surface area contributed by atoms with Crippen molar-refractivity contribution in [2.24, 2.45) is 0 Å². The third-order valence-electron chi connectivity index (χ3n) is 3.98. The summed E-state index contributed by atoms with van der Waals surface area (Å²) < 4.78 is 0. The highest BCUT2D eigenvalue weighted by molar-refractivity contribution is 6.28. The number of nitrogens with zero attached hydrogens (tertiary/aromatic N) is 5. The van der Waals surface area contributed by atoms with Crippen LogP contribution in [0.2, 0.25) is 5.28 Å². The first-order valence-electron chi connectivity index (χ1n) is 7.73. The van der Waals surface area contributed by atoms with Crippen LogP contribution >= 0.6 is 11.6 Å². The summed E-state index contributed by atoms with van der Waals surface area (Å²) in [5.74, 6) is 1.19. The van der Waals surface area contributed by atoms with Crippen LogP contribution in [0, 0.1) is 0 Å². The summed E-state index contributed by atoms with van der Waals surface area (Å²) in [6, 6.07) is 0.0653. The smallest absolute Gasteiger partial charge is 0.231 e. The summed E-state index contributed by atoms with van der Waals surface area (Å²) in [5, 5.41) is 9.84. The first-order chi connectivity index (χ1) is 10.2. The van der Waals surface area contributed by atoms with E-state index in [0.29, 0.717) is 11.9 Å². The number of aliphatic hydroxyl groups excluding tert-OH is 1. The van der Waals surface area contributed by atoms with E-state index in [0.717, 1.165) is 38.9 Å². The van der Waals surface area contributed by atoms with Crippen molar-refractivity contribution in [1.29, 1.82) is 0 Å². The van der Waals surface area contributed by atoms with E-state index in [1.165, 1.54) is 6.42 Å². The molecule has 1 aromatic heterocycles. The molecular formula is C14H24ClN5O. The lowest BCUT2D eigenvalue weighted by Crippen LogP contribution is -2.39. The first-order valence-corrected chi connectivity index (χ1v) is 8.11. The molecule has 1 unspecified atom stereocenters. The Balaban J connectivity index is 2.32. The zero-order valence-electron chi connectivity index (χ0n) is 12.8.